The molecule has 0 saturated heterocycles. The number of halogens is 2. The Bertz CT molecular complexity index is 562. The number of rotatable bonds is 4. The zero-order valence-electron chi connectivity index (χ0n) is 11.4. The van der Waals surface area contributed by atoms with E-state index < -0.39 is 17.7 Å². The van der Waals surface area contributed by atoms with Crippen molar-refractivity contribution < 1.29 is 8.78 Å². The van der Waals surface area contributed by atoms with Crippen molar-refractivity contribution in [1.82, 2.24) is 5.43 Å². The van der Waals surface area contributed by atoms with Gasteiger partial charge in [-0.05, 0) is 29.8 Å². The Kier molecular flexibility index (Phi) is 4.32. The molecule has 0 fully saturated rings. The third-order valence-corrected chi connectivity index (χ3v) is 3.20. The Balaban J connectivity index is 2.42. The quantitative estimate of drug-likeness (QED) is 0.666. The predicted octanol–water partition coefficient (Wildman–Crippen LogP) is 2.58. The fourth-order valence-electron chi connectivity index (χ4n) is 2.10. The number of nitrogens with zero attached hydrogens (tertiary/aromatic N) is 1. The van der Waals surface area contributed by atoms with Crippen molar-refractivity contribution in [3.63, 3.8) is 0 Å². The molecule has 5 heteroatoms. The van der Waals surface area contributed by atoms with Gasteiger partial charge in [0.1, 0.15) is 11.6 Å². The van der Waals surface area contributed by atoms with E-state index in [1.807, 2.05) is 31.1 Å². The summed E-state index contributed by atoms with van der Waals surface area (Å²) in [5.41, 5.74) is 4.09. The van der Waals surface area contributed by atoms with Gasteiger partial charge in [-0.15, -0.1) is 0 Å². The zero-order chi connectivity index (χ0) is 14.7. The molecule has 1 unspecified atom stereocenters. The lowest BCUT2D eigenvalue weighted by Crippen LogP contribution is -2.30. The van der Waals surface area contributed by atoms with E-state index in [9.17, 15) is 8.78 Å². The molecule has 0 aliphatic rings. The maximum Gasteiger partial charge on any atom is 0.131 e. The molecule has 0 radical (unpaired) electrons. The molecule has 0 aromatic heterocycles. The molecule has 3 nitrogen and oxygen atoms in total. The topological polar surface area (TPSA) is 41.3 Å². The van der Waals surface area contributed by atoms with Gasteiger partial charge in [0.05, 0.1) is 6.04 Å². The van der Waals surface area contributed by atoms with Crippen molar-refractivity contribution in [1.29, 1.82) is 0 Å². The summed E-state index contributed by atoms with van der Waals surface area (Å²) < 4.78 is 27.7. The van der Waals surface area contributed by atoms with Crippen LogP contribution in [0.25, 0.3) is 0 Å². The second-order valence-electron chi connectivity index (χ2n) is 4.72. The van der Waals surface area contributed by atoms with Crippen molar-refractivity contribution in [3.8, 4) is 0 Å². The molecule has 1 atom stereocenters. The Morgan fingerprint density at radius 3 is 2.00 bits per heavy atom. The molecule has 2 aromatic rings. The van der Waals surface area contributed by atoms with Crippen LogP contribution in [0.2, 0.25) is 0 Å². The van der Waals surface area contributed by atoms with Crippen molar-refractivity contribution in [2.75, 3.05) is 19.0 Å². The fourth-order valence-corrected chi connectivity index (χ4v) is 2.10. The zero-order valence-corrected chi connectivity index (χ0v) is 11.4. The molecular formula is C15H17F2N3. The lowest BCUT2D eigenvalue weighted by Gasteiger charge is -2.19. The molecular weight excluding hydrogens is 260 g/mol. The molecule has 0 aliphatic carbocycles. The maximum atomic E-state index is 13.8. The minimum absolute atomic E-state index is 0.0763. The Hall–Kier alpha value is -1.98. The average Bonchev–Trinajstić information content (AvgIpc) is 2.43. The first kappa shape index (κ1) is 14.4. The van der Waals surface area contributed by atoms with Gasteiger partial charge in [0.25, 0.3) is 0 Å². The Labute approximate surface area is 117 Å². The van der Waals surface area contributed by atoms with E-state index in [2.05, 4.69) is 5.43 Å². The van der Waals surface area contributed by atoms with E-state index in [4.69, 9.17) is 5.84 Å². The van der Waals surface area contributed by atoms with E-state index in [0.717, 1.165) is 5.69 Å². The average molecular weight is 277 g/mol. The van der Waals surface area contributed by atoms with Gasteiger partial charge in [0, 0.05) is 25.3 Å². The number of hydrogen-bond acceptors (Lipinski definition) is 3. The molecule has 0 heterocycles. The lowest BCUT2D eigenvalue weighted by atomic mass is 9.98. The smallest absolute Gasteiger partial charge is 0.131 e. The molecule has 3 N–H and O–H groups in total. The minimum atomic E-state index is -0.729. The molecule has 2 rings (SSSR count). The number of hydrogen-bond donors (Lipinski definition) is 2. The van der Waals surface area contributed by atoms with Gasteiger partial charge in [-0.1, -0.05) is 18.2 Å². The number of nitrogens with one attached hydrogen (secondary N) is 1. The summed E-state index contributed by atoms with van der Waals surface area (Å²) in [5.74, 6) is 4.24. The third kappa shape index (κ3) is 2.79. The molecule has 2 aromatic carbocycles. The third-order valence-electron chi connectivity index (χ3n) is 3.20. The van der Waals surface area contributed by atoms with Gasteiger partial charge in [0.15, 0.2) is 0 Å². The van der Waals surface area contributed by atoms with Crippen LogP contribution in [-0.2, 0) is 0 Å². The van der Waals surface area contributed by atoms with Crippen molar-refractivity contribution in [2.45, 2.75) is 6.04 Å². The second kappa shape index (κ2) is 5.98. The van der Waals surface area contributed by atoms with Crippen LogP contribution in [-0.4, -0.2) is 14.1 Å². The van der Waals surface area contributed by atoms with Crippen LogP contribution in [0.1, 0.15) is 17.2 Å². The highest BCUT2D eigenvalue weighted by Crippen LogP contribution is 2.27. The number of nitrogens with two attached hydrogens (primary N) is 1. The molecule has 0 bridgehead atoms. The van der Waals surface area contributed by atoms with E-state index in [-0.39, 0.29) is 5.56 Å². The van der Waals surface area contributed by atoms with Gasteiger partial charge in [-0.2, -0.15) is 0 Å². The predicted molar refractivity (Wildman–Crippen MR) is 76.3 cm³/mol. The highest BCUT2D eigenvalue weighted by Gasteiger charge is 2.20. The van der Waals surface area contributed by atoms with Crippen molar-refractivity contribution in [2.24, 2.45) is 5.84 Å². The van der Waals surface area contributed by atoms with E-state index in [1.54, 1.807) is 12.1 Å². The summed E-state index contributed by atoms with van der Waals surface area (Å²) >= 11 is 0. The highest BCUT2D eigenvalue weighted by molar-refractivity contribution is 5.47. The Morgan fingerprint density at radius 2 is 1.55 bits per heavy atom. The second-order valence-corrected chi connectivity index (χ2v) is 4.72. The molecule has 0 amide bonds. The van der Waals surface area contributed by atoms with E-state index in [0.29, 0.717) is 5.56 Å². The van der Waals surface area contributed by atoms with Crippen LogP contribution in [0, 0.1) is 11.6 Å². The minimum Gasteiger partial charge on any atom is -0.378 e. The SMILES string of the molecule is CN(C)c1ccc(C(NN)c2c(F)cccc2F)cc1. The van der Waals surface area contributed by atoms with E-state index in [1.165, 1.54) is 18.2 Å². The Morgan fingerprint density at radius 1 is 1.00 bits per heavy atom. The fraction of sp³-hybridized carbons (Fsp3) is 0.200. The summed E-state index contributed by atoms with van der Waals surface area (Å²) in [6, 6.07) is 10.4. The van der Waals surface area contributed by atoms with E-state index >= 15 is 0 Å². The maximum absolute atomic E-state index is 13.8. The number of hydrazine groups is 1. The first-order chi connectivity index (χ1) is 9.54. The van der Waals surface area contributed by atoms with Crippen LogP contribution in [0.3, 0.4) is 0 Å². The first-order valence-electron chi connectivity index (χ1n) is 6.22. The lowest BCUT2D eigenvalue weighted by molar-refractivity contribution is 0.510. The van der Waals surface area contributed by atoms with Gasteiger partial charge >= 0.3 is 0 Å². The van der Waals surface area contributed by atoms with Crippen LogP contribution in [0.5, 0.6) is 0 Å². The number of benzene rings is 2. The monoisotopic (exact) mass is 277 g/mol. The molecule has 20 heavy (non-hydrogen) atoms. The van der Waals surface area contributed by atoms with Crippen LogP contribution in [0.15, 0.2) is 42.5 Å². The van der Waals surface area contributed by atoms with Crippen molar-refractivity contribution >= 4 is 5.69 Å². The first-order valence-corrected chi connectivity index (χ1v) is 6.22. The van der Waals surface area contributed by atoms with Crippen LogP contribution < -0.4 is 16.2 Å². The summed E-state index contributed by atoms with van der Waals surface area (Å²) in [4.78, 5) is 1.94. The molecule has 106 valence electrons. The number of anilines is 1. The summed E-state index contributed by atoms with van der Waals surface area (Å²) in [6.45, 7) is 0. The normalized spacial score (nSPS) is 12.2. The summed E-state index contributed by atoms with van der Waals surface area (Å²) in [6.07, 6.45) is 0. The highest BCUT2D eigenvalue weighted by atomic mass is 19.1. The van der Waals surface area contributed by atoms with Crippen molar-refractivity contribution in [3.05, 3.63) is 65.2 Å². The van der Waals surface area contributed by atoms with Crippen LogP contribution in [0.4, 0.5) is 14.5 Å². The van der Waals surface area contributed by atoms with Gasteiger partial charge in [-0.25, -0.2) is 14.2 Å². The summed E-state index contributed by atoms with van der Waals surface area (Å²) in [7, 11) is 3.84. The van der Waals surface area contributed by atoms with Gasteiger partial charge in [0.2, 0.25) is 0 Å². The van der Waals surface area contributed by atoms with Crippen LogP contribution >= 0.6 is 0 Å². The molecule has 0 spiro atoms. The largest absolute Gasteiger partial charge is 0.378 e. The molecule has 0 saturated carbocycles. The van der Waals surface area contributed by atoms with Gasteiger partial charge < -0.3 is 4.90 Å². The van der Waals surface area contributed by atoms with Gasteiger partial charge in [-0.3, -0.25) is 5.84 Å². The standard InChI is InChI=1S/C15H17F2N3/c1-20(2)11-8-6-10(7-9-11)15(19-18)14-12(16)4-3-5-13(14)17/h3-9,15,19H,18H2,1-2H3. The molecule has 0 aliphatic heterocycles. The summed E-state index contributed by atoms with van der Waals surface area (Å²) in [5, 5.41) is 0.